The number of rotatable bonds is 2. The maximum atomic E-state index is 13.0. The van der Waals surface area contributed by atoms with Crippen LogP contribution in [0, 0.1) is 11.6 Å². The minimum atomic E-state index is -1.19. The molecular formula is C12H7F2NO2. The van der Waals surface area contributed by atoms with E-state index in [1.807, 2.05) is 0 Å². The quantitative estimate of drug-likeness (QED) is 0.870. The Balaban J connectivity index is 2.52. The molecule has 2 aromatic rings. The fourth-order valence-corrected chi connectivity index (χ4v) is 1.42. The topological polar surface area (TPSA) is 50.2 Å². The van der Waals surface area contributed by atoms with Crippen molar-refractivity contribution in [3.05, 3.63) is 53.7 Å². The van der Waals surface area contributed by atoms with Crippen LogP contribution in [0.5, 0.6) is 0 Å². The van der Waals surface area contributed by atoms with Crippen molar-refractivity contribution in [3.63, 3.8) is 0 Å². The van der Waals surface area contributed by atoms with Crippen molar-refractivity contribution < 1.29 is 18.7 Å². The SMILES string of the molecule is O=C(O)c1cccc(-c2cc(F)cc(F)c2)n1. The van der Waals surface area contributed by atoms with E-state index in [0.29, 0.717) is 0 Å². The molecule has 5 heteroatoms. The summed E-state index contributed by atoms with van der Waals surface area (Å²) in [5.41, 5.74) is 0.237. The van der Waals surface area contributed by atoms with Gasteiger partial charge in [0.2, 0.25) is 0 Å². The Labute approximate surface area is 95.4 Å². The smallest absolute Gasteiger partial charge is 0.354 e. The van der Waals surface area contributed by atoms with Crippen molar-refractivity contribution in [2.75, 3.05) is 0 Å². The van der Waals surface area contributed by atoms with Crippen molar-refractivity contribution in [2.24, 2.45) is 0 Å². The minimum Gasteiger partial charge on any atom is -0.477 e. The monoisotopic (exact) mass is 235 g/mol. The number of hydrogen-bond donors (Lipinski definition) is 1. The Bertz CT molecular complexity index is 564. The normalized spacial score (nSPS) is 10.2. The Kier molecular flexibility index (Phi) is 2.82. The zero-order valence-corrected chi connectivity index (χ0v) is 8.52. The summed E-state index contributed by atoms with van der Waals surface area (Å²) >= 11 is 0. The van der Waals surface area contributed by atoms with E-state index in [9.17, 15) is 13.6 Å². The molecule has 0 fully saturated rings. The molecule has 0 amide bonds. The zero-order valence-electron chi connectivity index (χ0n) is 8.52. The van der Waals surface area contributed by atoms with Gasteiger partial charge in [0.15, 0.2) is 0 Å². The lowest BCUT2D eigenvalue weighted by molar-refractivity contribution is 0.0690. The maximum Gasteiger partial charge on any atom is 0.354 e. The van der Waals surface area contributed by atoms with Crippen LogP contribution >= 0.6 is 0 Å². The van der Waals surface area contributed by atoms with Crippen LogP contribution in [0.4, 0.5) is 8.78 Å². The van der Waals surface area contributed by atoms with E-state index in [2.05, 4.69) is 4.98 Å². The Morgan fingerprint density at radius 1 is 1.12 bits per heavy atom. The molecule has 3 nitrogen and oxygen atoms in total. The van der Waals surface area contributed by atoms with Crippen LogP contribution in [-0.4, -0.2) is 16.1 Å². The maximum absolute atomic E-state index is 13.0. The average Bonchev–Trinajstić information content (AvgIpc) is 2.28. The molecule has 1 heterocycles. The number of nitrogens with zero attached hydrogens (tertiary/aromatic N) is 1. The molecule has 1 aromatic heterocycles. The van der Waals surface area contributed by atoms with Crippen LogP contribution < -0.4 is 0 Å². The van der Waals surface area contributed by atoms with Gasteiger partial charge in [-0.1, -0.05) is 6.07 Å². The highest BCUT2D eigenvalue weighted by molar-refractivity contribution is 5.86. The van der Waals surface area contributed by atoms with E-state index >= 15 is 0 Å². The number of carboxylic acid groups (broad SMARTS) is 1. The first-order valence-corrected chi connectivity index (χ1v) is 4.73. The molecule has 0 spiro atoms. The van der Waals surface area contributed by atoms with Crippen molar-refractivity contribution in [2.45, 2.75) is 0 Å². The van der Waals surface area contributed by atoms with Gasteiger partial charge < -0.3 is 5.11 Å². The predicted octanol–water partition coefficient (Wildman–Crippen LogP) is 2.73. The van der Waals surface area contributed by atoms with E-state index in [1.165, 1.54) is 18.2 Å². The van der Waals surface area contributed by atoms with E-state index in [-0.39, 0.29) is 17.0 Å². The van der Waals surface area contributed by atoms with Crippen molar-refractivity contribution in [1.29, 1.82) is 0 Å². The fourth-order valence-electron chi connectivity index (χ4n) is 1.42. The van der Waals surface area contributed by atoms with Gasteiger partial charge in [-0.25, -0.2) is 18.6 Å². The lowest BCUT2D eigenvalue weighted by Gasteiger charge is -2.02. The molecule has 0 atom stereocenters. The van der Waals surface area contributed by atoms with Crippen LogP contribution in [0.2, 0.25) is 0 Å². The van der Waals surface area contributed by atoms with Crippen molar-refractivity contribution in [3.8, 4) is 11.3 Å². The highest BCUT2D eigenvalue weighted by atomic mass is 19.1. The van der Waals surface area contributed by atoms with Crippen molar-refractivity contribution >= 4 is 5.97 Å². The average molecular weight is 235 g/mol. The van der Waals surface area contributed by atoms with Gasteiger partial charge in [0, 0.05) is 11.6 Å². The van der Waals surface area contributed by atoms with Gasteiger partial charge in [0.05, 0.1) is 5.69 Å². The molecule has 0 saturated heterocycles. The van der Waals surface area contributed by atoms with Crippen LogP contribution in [0.1, 0.15) is 10.5 Å². The summed E-state index contributed by atoms with van der Waals surface area (Å²) in [5, 5.41) is 8.75. The van der Waals surface area contributed by atoms with E-state index in [1.54, 1.807) is 0 Å². The molecule has 2 rings (SSSR count). The fraction of sp³-hybridized carbons (Fsp3) is 0. The Hall–Kier alpha value is -2.30. The Morgan fingerprint density at radius 2 is 1.76 bits per heavy atom. The molecule has 0 aliphatic carbocycles. The lowest BCUT2D eigenvalue weighted by atomic mass is 10.1. The number of carbonyl (C=O) groups is 1. The van der Waals surface area contributed by atoms with Crippen LogP contribution in [0.15, 0.2) is 36.4 Å². The molecule has 86 valence electrons. The molecular weight excluding hydrogens is 228 g/mol. The second-order valence-corrected chi connectivity index (χ2v) is 3.37. The first kappa shape index (κ1) is 11.2. The molecule has 0 radical (unpaired) electrons. The summed E-state index contributed by atoms with van der Waals surface area (Å²) in [6, 6.07) is 7.19. The Morgan fingerprint density at radius 3 is 2.35 bits per heavy atom. The summed E-state index contributed by atoms with van der Waals surface area (Å²) in [5.74, 6) is -2.66. The van der Waals surface area contributed by atoms with Gasteiger partial charge in [-0.05, 0) is 24.3 Å². The van der Waals surface area contributed by atoms with Gasteiger partial charge in [-0.2, -0.15) is 0 Å². The third kappa shape index (κ3) is 2.44. The molecule has 0 bridgehead atoms. The third-order valence-electron chi connectivity index (χ3n) is 2.13. The lowest BCUT2D eigenvalue weighted by Crippen LogP contribution is -2.00. The van der Waals surface area contributed by atoms with E-state index < -0.39 is 17.6 Å². The van der Waals surface area contributed by atoms with E-state index in [4.69, 9.17) is 5.11 Å². The summed E-state index contributed by atoms with van der Waals surface area (Å²) in [4.78, 5) is 14.5. The summed E-state index contributed by atoms with van der Waals surface area (Å²) in [7, 11) is 0. The molecule has 0 aliphatic rings. The second kappa shape index (κ2) is 4.29. The molecule has 0 aliphatic heterocycles. The van der Waals surface area contributed by atoms with Crippen LogP contribution in [0.25, 0.3) is 11.3 Å². The predicted molar refractivity (Wildman–Crippen MR) is 56.5 cm³/mol. The summed E-state index contributed by atoms with van der Waals surface area (Å²) in [6.07, 6.45) is 0. The van der Waals surface area contributed by atoms with Gasteiger partial charge in [0.1, 0.15) is 17.3 Å². The molecule has 1 N–H and O–H groups in total. The number of hydrogen-bond acceptors (Lipinski definition) is 2. The molecule has 0 unspecified atom stereocenters. The third-order valence-corrected chi connectivity index (χ3v) is 2.13. The summed E-state index contributed by atoms with van der Waals surface area (Å²) < 4.78 is 26.0. The van der Waals surface area contributed by atoms with Crippen molar-refractivity contribution in [1.82, 2.24) is 4.98 Å². The first-order valence-electron chi connectivity index (χ1n) is 4.73. The number of halogens is 2. The molecule has 17 heavy (non-hydrogen) atoms. The van der Waals surface area contributed by atoms with Gasteiger partial charge in [0.25, 0.3) is 0 Å². The number of aromatic carboxylic acids is 1. The summed E-state index contributed by atoms with van der Waals surface area (Å²) in [6.45, 7) is 0. The van der Waals surface area contributed by atoms with Crippen LogP contribution in [-0.2, 0) is 0 Å². The molecule has 0 saturated carbocycles. The van der Waals surface area contributed by atoms with Gasteiger partial charge >= 0.3 is 5.97 Å². The van der Waals surface area contributed by atoms with Crippen LogP contribution in [0.3, 0.4) is 0 Å². The highest BCUT2D eigenvalue weighted by Crippen LogP contribution is 2.19. The number of aromatic nitrogens is 1. The van der Waals surface area contributed by atoms with Gasteiger partial charge in [-0.3, -0.25) is 0 Å². The standard InChI is InChI=1S/C12H7F2NO2/c13-8-4-7(5-9(14)6-8)10-2-1-3-11(15-10)12(16)17/h1-6H,(H,16,17). The zero-order chi connectivity index (χ0) is 12.4. The number of carboxylic acids is 1. The highest BCUT2D eigenvalue weighted by Gasteiger charge is 2.08. The molecule has 1 aromatic carbocycles. The number of pyridine rings is 1. The largest absolute Gasteiger partial charge is 0.477 e. The minimum absolute atomic E-state index is 0.174. The van der Waals surface area contributed by atoms with Gasteiger partial charge in [-0.15, -0.1) is 0 Å². The van der Waals surface area contributed by atoms with E-state index in [0.717, 1.165) is 18.2 Å². The second-order valence-electron chi connectivity index (χ2n) is 3.37. The number of benzene rings is 1. The first-order chi connectivity index (χ1) is 8.06.